The van der Waals surface area contributed by atoms with Crippen LogP contribution in [0.3, 0.4) is 0 Å². The molecule has 0 aliphatic heterocycles. The van der Waals surface area contributed by atoms with Gasteiger partial charge in [0.25, 0.3) is 0 Å². The average molecular weight is 294 g/mol. The maximum atomic E-state index is 12.0. The van der Waals surface area contributed by atoms with E-state index in [-0.39, 0.29) is 18.5 Å². The number of nitrogens with one attached hydrogen (secondary N) is 1. The van der Waals surface area contributed by atoms with E-state index in [1.54, 1.807) is 0 Å². The highest BCUT2D eigenvalue weighted by atomic mass is 35.5. The maximum absolute atomic E-state index is 12.0. The third-order valence-electron chi connectivity index (χ3n) is 3.00. The molecule has 0 fully saturated rings. The minimum absolute atomic E-state index is 0.0491. The van der Waals surface area contributed by atoms with Crippen LogP contribution >= 0.6 is 11.6 Å². The Hall–Kier alpha value is -0.740. The largest absolute Gasteiger partial charge is 0.389 e. The van der Waals surface area contributed by atoms with E-state index < -0.39 is 12.6 Å². The van der Waals surface area contributed by atoms with Gasteiger partial charge in [-0.3, -0.25) is 0 Å². The molecule has 1 aromatic carbocycles. The molecule has 0 aromatic heterocycles. The van der Waals surface area contributed by atoms with Crippen molar-refractivity contribution in [3.05, 3.63) is 34.9 Å². The van der Waals surface area contributed by atoms with Gasteiger partial charge in [0.15, 0.2) is 0 Å². The second kappa shape index (κ2) is 7.15. The summed E-state index contributed by atoms with van der Waals surface area (Å²) in [5.41, 5.74) is 1.08. The van der Waals surface area contributed by atoms with Crippen LogP contribution in [0, 0.1) is 0 Å². The van der Waals surface area contributed by atoms with E-state index in [1.165, 1.54) is 0 Å². The second-order valence-corrected chi connectivity index (χ2v) is 5.28. The van der Waals surface area contributed by atoms with Crippen LogP contribution in [-0.4, -0.2) is 12.2 Å². The molecule has 1 nitrogen and oxygen atoms in total. The van der Waals surface area contributed by atoms with Gasteiger partial charge in [0.2, 0.25) is 0 Å². The third kappa shape index (κ3) is 6.83. The van der Waals surface area contributed by atoms with Crippen molar-refractivity contribution >= 4 is 11.6 Å². The first-order valence-electron chi connectivity index (χ1n) is 6.36. The Morgan fingerprint density at radius 1 is 1.16 bits per heavy atom. The Balaban J connectivity index is 2.35. The Kier molecular flexibility index (Phi) is 6.14. The number of halogens is 4. The molecule has 0 aliphatic rings. The van der Waals surface area contributed by atoms with Gasteiger partial charge in [0.1, 0.15) is 0 Å². The van der Waals surface area contributed by atoms with Crippen LogP contribution in [0.2, 0.25) is 5.02 Å². The van der Waals surface area contributed by atoms with Crippen LogP contribution in [0.25, 0.3) is 0 Å². The lowest BCUT2D eigenvalue weighted by Gasteiger charge is -2.20. The van der Waals surface area contributed by atoms with Gasteiger partial charge in [-0.05, 0) is 44.4 Å². The SMILES string of the molecule is CC(CCCC(F)(F)F)N[C@@H](C)c1ccc(Cl)cc1. The first kappa shape index (κ1) is 16.3. The summed E-state index contributed by atoms with van der Waals surface area (Å²) < 4.78 is 36.1. The quantitative estimate of drug-likeness (QED) is 0.768. The Labute approximate surface area is 117 Å². The highest BCUT2D eigenvalue weighted by Gasteiger charge is 2.26. The van der Waals surface area contributed by atoms with Gasteiger partial charge in [-0.2, -0.15) is 13.2 Å². The number of alkyl halides is 3. The molecule has 0 saturated heterocycles. The van der Waals surface area contributed by atoms with Crippen molar-refractivity contribution in [2.24, 2.45) is 0 Å². The topological polar surface area (TPSA) is 12.0 Å². The molecule has 0 spiro atoms. The summed E-state index contributed by atoms with van der Waals surface area (Å²) in [7, 11) is 0. The maximum Gasteiger partial charge on any atom is 0.389 e. The van der Waals surface area contributed by atoms with E-state index in [9.17, 15) is 13.2 Å². The number of hydrogen-bond acceptors (Lipinski definition) is 1. The molecule has 2 atom stereocenters. The Morgan fingerprint density at radius 2 is 1.74 bits per heavy atom. The van der Waals surface area contributed by atoms with E-state index in [2.05, 4.69) is 5.32 Å². The number of rotatable bonds is 6. The minimum Gasteiger partial charge on any atom is -0.308 e. The summed E-state index contributed by atoms with van der Waals surface area (Å²) >= 11 is 5.81. The molecule has 0 aliphatic carbocycles. The third-order valence-corrected chi connectivity index (χ3v) is 3.25. The number of benzene rings is 1. The van der Waals surface area contributed by atoms with Gasteiger partial charge in [-0.1, -0.05) is 23.7 Å². The van der Waals surface area contributed by atoms with E-state index in [4.69, 9.17) is 11.6 Å². The predicted molar refractivity (Wildman–Crippen MR) is 72.4 cm³/mol. The monoisotopic (exact) mass is 293 g/mol. The Morgan fingerprint density at radius 3 is 2.26 bits per heavy atom. The van der Waals surface area contributed by atoms with Crippen molar-refractivity contribution in [2.45, 2.75) is 51.4 Å². The van der Waals surface area contributed by atoms with E-state index >= 15 is 0 Å². The van der Waals surface area contributed by atoms with Gasteiger partial charge in [0, 0.05) is 23.5 Å². The lowest BCUT2D eigenvalue weighted by molar-refractivity contribution is -0.135. The van der Waals surface area contributed by atoms with Crippen LogP contribution < -0.4 is 5.32 Å². The molecular weight excluding hydrogens is 275 g/mol. The normalized spacial score (nSPS) is 15.3. The molecule has 1 unspecified atom stereocenters. The fraction of sp³-hybridized carbons (Fsp3) is 0.571. The van der Waals surface area contributed by atoms with Crippen LogP contribution in [0.1, 0.15) is 44.7 Å². The molecule has 1 aromatic rings. The van der Waals surface area contributed by atoms with Gasteiger partial charge in [-0.15, -0.1) is 0 Å². The zero-order valence-corrected chi connectivity index (χ0v) is 11.9. The molecule has 0 radical (unpaired) electrons. The van der Waals surface area contributed by atoms with Gasteiger partial charge in [0.05, 0.1) is 0 Å². The smallest absolute Gasteiger partial charge is 0.308 e. The first-order chi connectivity index (χ1) is 8.78. The first-order valence-corrected chi connectivity index (χ1v) is 6.74. The highest BCUT2D eigenvalue weighted by Crippen LogP contribution is 2.23. The zero-order chi connectivity index (χ0) is 14.5. The minimum atomic E-state index is -4.05. The van der Waals surface area contributed by atoms with Crippen LogP contribution in [0.15, 0.2) is 24.3 Å². The summed E-state index contributed by atoms with van der Waals surface area (Å²) in [5.74, 6) is 0. The van der Waals surface area contributed by atoms with Gasteiger partial charge in [-0.25, -0.2) is 0 Å². The van der Waals surface area contributed by atoms with Crippen LogP contribution in [-0.2, 0) is 0 Å². The molecule has 1 N–H and O–H groups in total. The molecule has 1 rings (SSSR count). The van der Waals surface area contributed by atoms with Crippen molar-refractivity contribution in [2.75, 3.05) is 0 Å². The molecule has 108 valence electrons. The molecule has 0 saturated carbocycles. The molecular formula is C14H19ClF3N. The van der Waals surface area contributed by atoms with Crippen LogP contribution in [0.5, 0.6) is 0 Å². The summed E-state index contributed by atoms with van der Waals surface area (Å²) in [4.78, 5) is 0. The summed E-state index contributed by atoms with van der Waals surface area (Å²) in [6.07, 6.45) is -4.10. The van der Waals surface area contributed by atoms with E-state index in [0.29, 0.717) is 11.4 Å². The second-order valence-electron chi connectivity index (χ2n) is 4.85. The molecule has 5 heteroatoms. The average Bonchev–Trinajstić information content (AvgIpc) is 2.27. The van der Waals surface area contributed by atoms with E-state index in [0.717, 1.165) is 5.56 Å². The summed E-state index contributed by atoms with van der Waals surface area (Å²) in [6.45, 7) is 3.90. The molecule has 19 heavy (non-hydrogen) atoms. The highest BCUT2D eigenvalue weighted by molar-refractivity contribution is 6.30. The van der Waals surface area contributed by atoms with Crippen molar-refractivity contribution in [3.8, 4) is 0 Å². The molecule has 0 amide bonds. The fourth-order valence-electron chi connectivity index (χ4n) is 1.97. The van der Waals surface area contributed by atoms with Crippen molar-refractivity contribution in [3.63, 3.8) is 0 Å². The van der Waals surface area contributed by atoms with Gasteiger partial charge >= 0.3 is 6.18 Å². The van der Waals surface area contributed by atoms with Crippen LogP contribution in [0.4, 0.5) is 13.2 Å². The predicted octanol–water partition coefficient (Wildman–Crippen LogP) is 5.11. The van der Waals surface area contributed by atoms with Gasteiger partial charge < -0.3 is 5.32 Å². The van der Waals surface area contributed by atoms with E-state index in [1.807, 2.05) is 38.1 Å². The summed E-state index contributed by atoms with van der Waals surface area (Å²) in [5, 5.41) is 3.97. The lowest BCUT2D eigenvalue weighted by atomic mass is 10.1. The lowest BCUT2D eigenvalue weighted by Crippen LogP contribution is -2.29. The number of hydrogen-bond donors (Lipinski definition) is 1. The van der Waals surface area contributed by atoms with Crippen molar-refractivity contribution in [1.29, 1.82) is 0 Å². The standard InChI is InChI=1S/C14H19ClF3N/c1-10(4-3-9-14(16,17)18)19-11(2)12-5-7-13(15)8-6-12/h5-8,10-11,19H,3-4,9H2,1-2H3/t10?,11-/m0/s1. The van der Waals surface area contributed by atoms with Crippen molar-refractivity contribution < 1.29 is 13.2 Å². The zero-order valence-electron chi connectivity index (χ0n) is 11.1. The van der Waals surface area contributed by atoms with Crippen molar-refractivity contribution in [1.82, 2.24) is 5.32 Å². The fourth-order valence-corrected chi connectivity index (χ4v) is 2.09. The molecule has 0 bridgehead atoms. The molecule has 0 heterocycles. The summed E-state index contributed by atoms with van der Waals surface area (Å²) in [6, 6.07) is 7.60. The Bertz CT molecular complexity index is 375.